The number of aliphatic hydroxyl groups is 1. The Bertz CT molecular complexity index is 1140. The number of aliphatic hydroxyl groups excluding tert-OH is 1. The third kappa shape index (κ3) is 5.98. The number of fused-ring (bicyclic) bond motifs is 3. The van der Waals surface area contributed by atoms with Crippen molar-refractivity contribution in [3.05, 3.63) is 90.8 Å². The van der Waals surface area contributed by atoms with E-state index in [2.05, 4.69) is 35.3 Å². The van der Waals surface area contributed by atoms with Gasteiger partial charge in [-0.2, -0.15) is 18.2 Å². The van der Waals surface area contributed by atoms with Crippen molar-refractivity contribution in [2.75, 3.05) is 0 Å². The molecule has 0 atom stereocenters. The Labute approximate surface area is 183 Å². The Balaban J connectivity index is 0.000000327. The Morgan fingerprint density at radius 1 is 1.00 bits per heavy atom. The molecule has 0 fully saturated rings. The Kier molecular flexibility index (Phi) is 8.08. The molecule has 3 aromatic carbocycles. The minimum Gasteiger partial charge on any atom is -0.512 e. The summed E-state index contributed by atoms with van der Waals surface area (Å²) in [7, 11) is 0. The molecule has 1 heterocycles. The topological polar surface area (TPSA) is 59.4 Å². The molecule has 0 bridgehead atoms. The first-order valence-corrected chi connectivity index (χ1v) is 8.83. The van der Waals surface area contributed by atoms with Crippen molar-refractivity contribution in [3.63, 3.8) is 0 Å². The Hall–Kier alpha value is -3.01. The van der Waals surface area contributed by atoms with Gasteiger partial charge in [-0.15, -0.1) is 12.1 Å². The van der Waals surface area contributed by atoms with Crippen LogP contribution in [0.4, 0.5) is 0 Å². The number of hydrogen-bond acceptors (Lipinski definition) is 4. The molecule has 0 amide bonds. The number of ketones is 1. The summed E-state index contributed by atoms with van der Waals surface area (Å²) in [6, 6.07) is 25.1. The maximum absolute atomic E-state index is 10.0. The summed E-state index contributed by atoms with van der Waals surface area (Å²) in [5.74, 6) is 1.23. The average Bonchev–Trinajstić information content (AvgIpc) is 2.68. The van der Waals surface area contributed by atoms with E-state index in [-0.39, 0.29) is 31.6 Å². The monoisotopic (exact) mass is 563 g/mol. The van der Waals surface area contributed by atoms with Gasteiger partial charge in [-0.3, -0.25) is 4.79 Å². The maximum atomic E-state index is 10.0. The fraction of sp³-hybridized carbons (Fsp3) is 0.0833. The molecule has 4 aromatic rings. The number of carbonyl (C=O) groups is 1. The zero-order valence-electron chi connectivity index (χ0n) is 16.0. The molecule has 5 heteroatoms. The third-order valence-electron chi connectivity index (χ3n) is 3.92. The number of aromatic nitrogens is 1. The standard InChI is InChI=1S/C19H12NO.C5H8O2.Ir/c1-2-7-16(8-3-1)21-19-18-15(12-13-20-19)11-10-14-6-4-5-9-17(14)18;1-4(6)3-5(2)7;/h1-7,9-13H;3,6H,1-2H3;/q-1;;/b;4-3-;. The molecule has 1 aromatic heterocycles. The summed E-state index contributed by atoms with van der Waals surface area (Å²) in [5.41, 5.74) is 0. The number of hydrogen-bond donors (Lipinski definition) is 1. The predicted octanol–water partition coefficient (Wildman–Crippen LogP) is 6.02. The van der Waals surface area contributed by atoms with Crippen LogP contribution in [0, 0.1) is 6.07 Å². The Morgan fingerprint density at radius 3 is 2.38 bits per heavy atom. The largest absolute Gasteiger partial charge is 0.512 e. The summed E-state index contributed by atoms with van der Waals surface area (Å²) in [6.07, 6.45) is 2.94. The number of nitrogens with zero attached hydrogens (tertiary/aromatic N) is 1. The van der Waals surface area contributed by atoms with Crippen LogP contribution in [0.5, 0.6) is 11.6 Å². The first-order chi connectivity index (χ1) is 13.5. The molecular formula is C24H20IrNO3-. The first-order valence-electron chi connectivity index (χ1n) is 8.83. The average molecular weight is 563 g/mol. The summed E-state index contributed by atoms with van der Waals surface area (Å²) < 4.78 is 5.93. The van der Waals surface area contributed by atoms with Gasteiger partial charge in [0.2, 0.25) is 5.88 Å². The molecule has 149 valence electrons. The van der Waals surface area contributed by atoms with Crippen molar-refractivity contribution in [2.45, 2.75) is 13.8 Å². The first kappa shape index (κ1) is 22.3. The maximum Gasteiger partial charge on any atom is 0.225 e. The van der Waals surface area contributed by atoms with E-state index in [4.69, 9.17) is 9.84 Å². The van der Waals surface area contributed by atoms with E-state index < -0.39 is 0 Å². The number of rotatable bonds is 3. The Morgan fingerprint density at radius 2 is 1.72 bits per heavy atom. The van der Waals surface area contributed by atoms with Crippen LogP contribution in [-0.4, -0.2) is 15.9 Å². The summed E-state index contributed by atoms with van der Waals surface area (Å²) in [4.78, 5) is 14.4. The van der Waals surface area contributed by atoms with Gasteiger partial charge >= 0.3 is 0 Å². The van der Waals surface area contributed by atoms with Crippen LogP contribution in [0.1, 0.15) is 13.8 Å². The van der Waals surface area contributed by atoms with E-state index in [9.17, 15) is 4.79 Å². The van der Waals surface area contributed by atoms with Crippen molar-refractivity contribution >= 4 is 27.3 Å². The van der Waals surface area contributed by atoms with Crippen LogP contribution in [0.25, 0.3) is 21.5 Å². The van der Waals surface area contributed by atoms with Gasteiger partial charge < -0.3 is 9.84 Å². The zero-order chi connectivity index (χ0) is 19.9. The number of allylic oxidation sites excluding steroid dienone is 2. The normalized spacial score (nSPS) is 10.6. The quantitative estimate of drug-likeness (QED) is 0.144. The fourth-order valence-corrected chi connectivity index (χ4v) is 2.83. The molecule has 0 saturated carbocycles. The van der Waals surface area contributed by atoms with E-state index in [1.807, 2.05) is 42.5 Å². The van der Waals surface area contributed by atoms with E-state index in [1.54, 1.807) is 6.20 Å². The van der Waals surface area contributed by atoms with Gasteiger partial charge in [0.05, 0.1) is 11.1 Å². The van der Waals surface area contributed by atoms with E-state index in [1.165, 1.54) is 25.3 Å². The van der Waals surface area contributed by atoms with Crippen molar-refractivity contribution in [3.8, 4) is 11.6 Å². The summed E-state index contributed by atoms with van der Waals surface area (Å²) in [6.45, 7) is 2.85. The molecular weight excluding hydrogens is 542 g/mol. The van der Waals surface area contributed by atoms with Crippen LogP contribution in [0.2, 0.25) is 0 Å². The van der Waals surface area contributed by atoms with Crippen LogP contribution in [0.15, 0.2) is 84.8 Å². The molecule has 4 rings (SSSR count). The van der Waals surface area contributed by atoms with Gasteiger partial charge in [-0.25, -0.2) is 4.98 Å². The van der Waals surface area contributed by atoms with Crippen LogP contribution in [0.3, 0.4) is 0 Å². The fourth-order valence-electron chi connectivity index (χ4n) is 2.83. The van der Waals surface area contributed by atoms with Gasteiger partial charge in [0.15, 0.2) is 5.78 Å². The number of ether oxygens (including phenoxy) is 1. The molecule has 1 N–H and O–H groups in total. The second kappa shape index (κ2) is 10.5. The molecule has 29 heavy (non-hydrogen) atoms. The SMILES string of the molecule is CC(=O)/C=C(/C)O.[Ir].[c-]1ccccc1Oc1nccc2ccc3ccccc3c12. The predicted molar refractivity (Wildman–Crippen MR) is 112 cm³/mol. The molecule has 1 radical (unpaired) electrons. The van der Waals surface area contributed by atoms with Crippen LogP contribution >= 0.6 is 0 Å². The van der Waals surface area contributed by atoms with Gasteiger partial charge in [0.1, 0.15) is 0 Å². The van der Waals surface area contributed by atoms with E-state index >= 15 is 0 Å². The van der Waals surface area contributed by atoms with E-state index in [0.717, 1.165) is 16.2 Å². The van der Waals surface area contributed by atoms with Crippen molar-refractivity contribution in [1.82, 2.24) is 4.98 Å². The molecule has 0 saturated heterocycles. The molecule has 0 aliphatic carbocycles. The second-order valence-electron chi connectivity index (χ2n) is 6.23. The second-order valence-corrected chi connectivity index (χ2v) is 6.23. The molecule has 0 spiro atoms. The minimum atomic E-state index is -0.125. The van der Waals surface area contributed by atoms with Gasteiger partial charge in [0.25, 0.3) is 0 Å². The van der Waals surface area contributed by atoms with Crippen molar-refractivity contribution in [2.24, 2.45) is 0 Å². The number of carbonyl (C=O) groups excluding carboxylic acids is 1. The smallest absolute Gasteiger partial charge is 0.225 e. The number of para-hydroxylation sites is 1. The van der Waals surface area contributed by atoms with Gasteiger partial charge in [-0.05, 0) is 36.1 Å². The number of pyridine rings is 1. The molecule has 0 aliphatic rings. The van der Waals surface area contributed by atoms with Crippen LogP contribution < -0.4 is 4.74 Å². The molecule has 4 nitrogen and oxygen atoms in total. The van der Waals surface area contributed by atoms with Crippen LogP contribution in [-0.2, 0) is 24.9 Å². The minimum absolute atomic E-state index is 0. The molecule has 0 aliphatic heterocycles. The van der Waals surface area contributed by atoms with Gasteiger partial charge in [0, 0.05) is 38.1 Å². The van der Waals surface area contributed by atoms with E-state index in [0.29, 0.717) is 11.6 Å². The summed E-state index contributed by atoms with van der Waals surface area (Å²) in [5, 5.41) is 12.8. The zero-order valence-corrected chi connectivity index (χ0v) is 18.4. The van der Waals surface area contributed by atoms with Crippen molar-refractivity contribution < 1.29 is 34.7 Å². The summed E-state index contributed by atoms with van der Waals surface area (Å²) >= 11 is 0. The number of benzene rings is 3. The van der Waals surface area contributed by atoms with Gasteiger partial charge in [-0.1, -0.05) is 36.4 Å². The third-order valence-corrected chi connectivity index (χ3v) is 3.92. The molecule has 0 unspecified atom stereocenters. The van der Waals surface area contributed by atoms with Crippen molar-refractivity contribution in [1.29, 1.82) is 0 Å².